The van der Waals surface area contributed by atoms with Crippen molar-refractivity contribution >= 4 is 32.7 Å². The third kappa shape index (κ3) is 4.32. The number of H-pyrrole nitrogens is 1. The summed E-state index contributed by atoms with van der Waals surface area (Å²) in [5.41, 5.74) is 3.83. The van der Waals surface area contributed by atoms with Crippen molar-refractivity contribution in [2.75, 3.05) is 13.1 Å². The molecule has 1 unspecified atom stereocenters. The van der Waals surface area contributed by atoms with E-state index in [0.717, 1.165) is 22.0 Å². The second kappa shape index (κ2) is 9.15. The van der Waals surface area contributed by atoms with Gasteiger partial charge < -0.3 is 10.3 Å². The van der Waals surface area contributed by atoms with Crippen LogP contribution in [0.4, 0.5) is 0 Å². The van der Waals surface area contributed by atoms with E-state index in [2.05, 4.69) is 38.2 Å². The predicted molar refractivity (Wildman–Crippen MR) is 132 cm³/mol. The largest absolute Gasteiger partial charge is 0.361 e. The molecule has 0 bridgehead atoms. The number of aromatic amines is 1. The molecule has 1 aromatic heterocycles. The van der Waals surface area contributed by atoms with Gasteiger partial charge in [-0.15, -0.1) is 0 Å². The summed E-state index contributed by atoms with van der Waals surface area (Å²) in [6.07, 6.45) is 2.16. The van der Waals surface area contributed by atoms with Crippen LogP contribution in [0.2, 0.25) is 0 Å². The van der Waals surface area contributed by atoms with Crippen molar-refractivity contribution in [1.29, 1.82) is 0 Å². The van der Waals surface area contributed by atoms with Crippen LogP contribution in [0.25, 0.3) is 10.9 Å². The van der Waals surface area contributed by atoms with Crippen molar-refractivity contribution in [2.24, 2.45) is 4.99 Å². The van der Waals surface area contributed by atoms with E-state index in [9.17, 15) is 13.2 Å². The van der Waals surface area contributed by atoms with Crippen LogP contribution in [-0.4, -0.2) is 38.2 Å². The number of sulfonamides is 1. The van der Waals surface area contributed by atoms with Gasteiger partial charge in [-0.05, 0) is 29.3 Å². The Morgan fingerprint density at radius 2 is 1.68 bits per heavy atom. The van der Waals surface area contributed by atoms with Crippen molar-refractivity contribution in [3.63, 3.8) is 0 Å². The number of carbonyl (C=O) groups excluding carboxylic acids is 1. The second-order valence-electron chi connectivity index (χ2n) is 8.14. The van der Waals surface area contributed by atoms with Gasteiger partial charge in [0.1, 0.15) is 5.84 Å². The van der Waals surface area contributed by atoms with Crippen molar-refractivity contribution in [3.8, 4) is 0 Å². The highest BCUT2D eigenvalue weighted by Crippen LogP contribution is 2.30. The molecule has 0 spiro atoms. The molecule has 0 radical (unpaired) electrons. The first-order valence-corrected chi connectivity index (χ1v) is 12.6. The zero-order valence-electron chi connectivity index (χ0n) is 18.4. The summed E-state index contributed by atoms with van der Waals surface area (Å²) in [5, 5.41) is 4.16. The number of amides is 1. The number of aromatic nitrogens is 1. The molecule has 34 heavy (non-hydrogen) atoms. The molecule has 1 aliphatic heterocycles. The fourth-order valence-corrected chi connectivity index (χ4v) is 5.55. The van der Waals surface area contributed by atoms with Crippen LogP contribution in [0.3, 0.4) is 0 Å². The minimum Gasteiger partial charge on any atom is -0.361 e. The van der Waals surface area contributed by atoms with Crippen LogP contribution >= 0.6 is 0 Å². The summed E-state index contributed by atoms with van der Waals surface area (Å²) < 4.78 is 26.9. The van der Waals surface area contributed by atoms with Crippen molar-refractivity contribution in [2.45, 2.75) is 17.2 Å². The maximum absolute atomic E-state index is 12.6. The van der Waals surface area contributed by atoms with E-state index >= 15 is 0 Å². The molecule has 3 N–H and O–H groups in total. The van der Waals surface area contributed by atoms with Crippen LogP contribution in [0.1, 0.15) is 29.0 Å². The molecule has 0 fully saturated rings. The van der Waals surface area contributed by atoms with E-state index in [1.165, 1.54) is 0 Å². The fourth-order valence-electron chi connectivity index (χ4n) is 4.30. The molecule has 0 saturated heterocycles. The van der Waals surface area contributed by atoms with E-state index in [1.54, 1.807) is 24.3 Å². The van der Waals surface area contributed by atoms with E-state index in [0.29, 0.717) is 12.1 Å². The van der Waals surface area contributed by atoms with Crippen LogP contribution < -0.4 is 10.0 Å². The molecule has 1 aliphatic rings. The highest BCUT2D eigenvalue weighted by molar-refractivity contribution is 7.90. The molecule has 5 rings (SSSR count). The number of hydrogen-bond donors (Lipinski definition) is 3. The van der Waals surface area contributed by atoms with E-state index in [4.69, 9.17) is 0 Å². The number of nitrogens with zero attached hydrogens (tertiary/aromatic N) is 1. The average Bonchev–Trinajstić information content (AvgIpc) is 3.39. The first kappa shape index (κ1) is 21.9. The molecule has 0 saturated carbocycles. The van der Waals surface area contributed by atoms with Gasteiger partial charge in [0.2, 0.25) is 5.91 Å². The highest BCUT2D eigenvalue weighted by atomic mass is 32.2. The minimum absolute atomic E-state index is 0.0128. The number of amidine groups is 1. The highest BCUT2D eigenvalue weighted by Gasteiger charge is 2.30. The number of hydrogen-bond acceptors (Lipinski definition) is 4. The standard InChI is InChI=1S/C26H24N4O3S/c31-25(14-15-27-26-20-11-5-7-13-24(20)34(32,33)30-26)29-16-21(18-8-2-1-3-9-18)22-17-28-23-12-6-4-10-19(22)23/h1-13,17,21,28H,14-16H2,(H,27,30)(H,29,31). The molecular weight excluding hydrogens is 448 g/mol. The second-order valence-corrected chi connectivity index (χ2v) is 9.79. The zero-order chi connectivity index (χ0) is 23.5. The fraction of sp³-hybridized carbons (Fsp3) is 0.154. The molecule has 8 heteroatoms. The van der Waals surface area contributed by atoms with E-state index < -0.39 is 10.0 Å². The van der Waals surface area contributed by atoms with E-state index in [-0.39, 0.29) is 35.5 Å². The summed E-state index contributed by atoms with van der Waals surface area (Å²) in [7, 11) is -3.58. The Balaban J connectivity index is 1.27. The lowest BCUT2D eigenvalue weighted by atomic mass is 9.91. The van der Waals surface area contributed by atoms with Crippen molar-refractivity contribution < 1.29 is 13.2 Å². The van der Waals surface area contributed by atoms with Gasteiger partial charge in [0.25, 0.3) is 10.0 Å². The van der Waals surface area contributed by atoms with Crippen LogP contribution in [-0.2, 0) is 14.8 Å². The first-order valence-electron chi connectivity index (χ1n) is 11.1. The number of aliphatic imine (C=N–C) groups is 1. The first-order chi connectivity index (χ1) is 16.5. The van der Waals surface area contributed by atoms with Gasteiger partial charge >= 0.3 is 0 Å². The molecule has 4 aromatic rings. The third-order valence-corrected chi connectivity index (χ3v) is 7.37. The molecule has 7 nitrogen and oxygen atoms in total. The summed E-state index contributed by atoms with van der Waals surface area (Å²) >= 11 is 0. The molecular formula is C26H24N4O3S. The molecule has 0 aliphatic carbocycles. The van der Waals surface area contributed by atoms with Gasteiger partial charge in [0.15, 0.2) is 0 Å². The van der Waals surface area contributed by atoms with E-state index in [1.807, 2.05) is 42.6 Å². The number of rotatable bonds is 7. The van der Waals surface area contributed by atoms with Gasteiger partial charge in [-0.2, -0.15) is 0 Å². The lowest BCUT2D eigenvalue weighted by Gasteiger charge is -2.18. The predicted octanol–water partition coefficient (Wildman–Crippen LogP) is 3.54. The monoisotopic (exact) mass is 472 g/mol. The summed E-state index contributed by atoms with van der Waals surface area (Å²) in [5.74, 6) is 0.129. The van der Waals surface area contributed by atoms with Crippen LogP contribution in [0.5, 0.6) is 0 Å². The quantitative estimate of drug-likeness (QED) is 0.383. The average molecular weight is 473 g/mol. The number of para-hydroxylation sites is 1. The number of fused-ring (bicyclic) bond motifs is 2. The maximum atomic E-state index is 12.6. The lowest BCUT2D eigenvalue weighted by Crippen LogP contribution is -2.29. The SMILES string of the molecule is O=C(CCN=C1NS(=O)(=O)c2ccccc21)NCC(c1ccccc1)c1c[nH]c2ccccc12. The minimum atomic E-state index is -3.58. The molecule has 2 heterocycles. The van der Waals surface area contributed by atoms with Gasteiger partial charge in [0, 0.05) is 41.5 Å². The van der Waals surface area contributed by atoms with Crippen molar-refractivity contribution in [3.05, 3.63) is 102 Å². The van der Waals surface area contributed by atoms with Crippen LogP contribution in [0, 0.1) is 0 Å². The smallest absolute Gasteiger partial charge is 0.263 e. The molecule has 172 valence electrons. The van der Waals surface area contributed by atoms with Gasteiger partial charge in [-0.3, -0.25) is 14.5 Å². The van der Waals surface area contributed by atoms with Gasteiger partial charge in [-0.25, -0.2) is 8.42 Å². The Labute approximate surface area is 198 Å². The van der Waals surface area contributed by atoms with Crippen molar-refractivity contribution in [1.82, 2.24) is 15.0 Å². The topological polar surface area (TPSA) is 103 Å². The molecule has 1 amide bonds. The Morgan fingerprint density at radius 3 is 2.53 bits per heavy atom. The molecule has 1 atom stereocenters. The van der Waals surface area contributed by atoms with Gasteiger partial charge in [-0.1, -0.05) is 60.7 Å². The maximum Gasteiger partial charge on any atom is 0.263 e. The summed E-state index contributed by atoms with van der Waals surface area (Å²) in [6, 6.07) is 24.9. The zero-order valence-corrected chi connectivity index (χ0v) is 19.2. The molecule has 3 aromatic carbocycles. The van der Waals surface area contributed by atoms with Crippen LogP contribution in [0.15, 0.2) is 94.9 Å². The Bertz CT molecular complexity index is 1480. The normalized spacial score (nSPS) is 16.2. The summed E-state index contributed by atoms with van der Waals surface area (Å²) in [6.45, 7) is 0.623. The number of benzene rings is 3. The Hall–Kier alpha value is -3.91. The third-order valence-electron chi connectivity index (χ3n) is 5.97. The Morgan fingerprint density at radius 1 is 0.941 bits per heavy atom. The Kier molecular flexibility index (Phi) is 5.90. The van der Waals surface area contributed by atoms with Gasteiger partial charge in [0.05, 0.1) is 11.4 Å². The summed E-state index contributed by atoms with van der Waals surface area (Å²) in [4.78, 5) is 20.5. The number of carbonyl (C=O) groups is 1. The number of nitrogens with one attached hydrogen (secondary N) is 3. The lowest BCUT2D eigenvalue weighted by molar-refractivity contribution is -0.120.